The number of carbonyl (C=O) groups is 2. The van der Waals surface area contributed by atoms with Crippen LogP contribution in [0.4, 0.5) is 0 Å². The number of esters is 2. The molecule has 2 atom stereocenters. The molecule has 0 heterocycles. The lowest BCUT2D eigenvalue weighted by molar-refractivity contribution is -0.150. The van der Waals surface area contributed by atoms with Gasteiger partial charge in [-0.1, -0.05) is 78.1 Å². The number of unbranched alkanes of at least 4 members (excludes halogenated alkanes) is 10. The van der Waals surface area contributed by atoms with Crippen molar-refractivity contribution in [1.29, 1.82) is 0 Å². The first kappa shape index (κ1) is 27.9. The summed E-state index contributed by atoms with van der Waals surface area (Å²) in [6.07, 6.45) is 17.8. The summed E-state index contributed by atoms with van der Waals surface area (Å²) >= 11 is 0. The summed E-state index contributed by atoms with van der Waals surface area (Å²) in [5.41, 5.74) is 0. The molecule has 0 radical (unpaired) electrons. The lowest BCUT2D eigenvalue weighted by Gasteiger charge is -2.14. The highest BCUT2D eigenvalue weighted by molar-refractivity contribution is 5.72. The Labute approximate surface area is 180 Å². The number of rotatable bonds is 20. The smallest absolute Gasteiger partial charge is 0.306 e. The minimum atomic E-state index is -0.198. The molecule has 2 unspecified atom stereocenters. The Morgan fingerprint density at radius 2 is 0.897 bits per heavy atom. The molecule has 0 saturated heterocycles. The van der Waals surface area contributed by atoms with E-state index in [1.807, 2.05) is 13.8 Å². The fourth-order valence-corrected chi connectivity index (χ4v) is 3.49. The van der Waals surface area contributed by atoms with Crippen LogP contribution in [0.1, 0.15) is 137 Å². The quantitative estimate of drug-likeness (QED) is 0.153. The van der Waals surface area contributed by atoms with Crippen LogP contribution in [-0.2, 0) is 19.1 Å². The van der Waals surface area contributed by atoms with E-state index in [1.165, 1.54) is 64.2 Å². The fraction of sp³-hybridized carbons (Fsp3) is 0.920. The monoisotopic (exact) mass is 412 g/mol. The molecule has 0 aromatic carbocycles. The van der Waals surface area contributed by atoms with Crippen LogP contribution in [0.2, 0.25) is 0 Å². The second-order valence-corrected chi connectivity index (χ2v) is 8.57. The molecule has 0 aliphatic heterocycles. The van der Waals surface area contributed by atoms with Crippen molar-refractivity contribution in [3.8, 4) is 0 Å². The highest BCUT2D eigenvalue weighted by Gasteiger charge is 2.13. The maximum atomic E-state index is 11.9. The Bertz CT molecular complexity index is 358. The number of hydrogen-bond acceptors (Lipinski definition) is 4. The van der Waals surface area contributed by atoms with Crippen molar-refractivity contribution in [3.63, 3.8) is 0 Å². The van der Waals surface area contributed by atoms with Crippen molar-refractivity contribution in [3.05, 3.63) is 0 Å². The van der Waals surface area contributed by atoms with Gasteiger partial charge in [0.1, 0.15) is 0 Å². The van der Waals surface area contributed by atoms with E-state index >= 15 is 0 Å². The van der Waals surface area contributed by atoms with E-state index in [4.69, 9.17) is 9.47 Å². The van der Waals surface area contributed by atoms with Gasteiger partial charge in [-0.15, -0.1) is 0 Å². The molecule has 4 heteroatoms. The second kappa shape index (κ2) is 20.2. The van der Waals surface area contributed by atoms with Gasteiger partial charge in [0.05, 0.1) is 12.2 Å². The van der Waals surface area contributed by atoms with Crippen molar-refractivity contribution in [2.45, 2.75) is 149 Å². The highest BCUT2D eigenvalue weighted by Crippen LogP contribution is 2.13. The van der Waals surface area contributed by atoms with Gasteiger partial charge in [0.2, 0.25) is 0 Å². The topological polar surface area (TPSA) is 52.6 Å². The minimum absolute atomic E-state index is 0.0297. The first-order valence-electron chi connectivity index (χ1n) is 12.4. The van der Waals surface area contributed by atoms with Gasteiger partial charge in [-0.05, 0) is 46.0 Å². The zero-order chi connectivity index (χ0) is 21.7. The third kappa shape index (κ3) is 20.0. The lowest BCUT2D eigenvalue weighted by atomic mass is 10.1. The molecular weight excluding hydrogens is 364 g/mol. The Morgan fingerprint density at radius 1 is 0.552 bits per heavy atom. The van der Waals surface area contributed by atoms with E-state index in [-0.39, 0.29) is 24.1 Å². The summed E-state index contributed by atoms with van der Waals surface area (Å²) in [6.45, 7) is 8.36. The summed E-state index contributed by atoms with van der Waals surface area (Å²) in [6, 6.07) is 0. The average molecular weight is 413 g/mol. The summed E-state index contributed by atoms with van der Waals surface area (Å²) in [4.78, 5) is 23.8. The van der Waals surface area contributed by atoms with Crippen molar-refractivity contribution in [2.75, 3.05) is 0 Å². The first-order chi connectivity index (χ1) is 14.0. The Kier molecular flexibility index (Phi) is 19.5. The number of hydrogen-bond donors (Lipinski definition) is 0. The summed E-state index contributed by atoms with van der Waals surface area (Å²) in [5, 5.41) is 0. The third-order valence-electron chi connectivity index (χ3n) is 5.36. The van der Waals surface area contributed by atoms with Crippen LogP contribution >= 0.6 is 0 Å². The Balaban J connectivity index is 3.62. The van der Waals surface area contributed by atoms with Gasteiger partial charge in [-0.25, -0.2) is 0 Å². The minimum Gasteiger partial charge on any atom is -0.463 e. The largest absolute Gasteiger partial charge is 0.463 e. The van der Waals surface area contributed by atoms with Gasteiger partial charge >= 0.3 is 11.9 Å². The molecule has 0 aliphatic rings. The molecule has 0 bridgehead atoms. The van der Waals surface area contributed by atoms with Crippen molar-refractivity contribution in [1.82, 2.24) is 0 Å². The van der Waals surface area contributed by atoms with Crippen LogP contribution in [0, 0.1) is 0 Å². The third-order valence-corrected chi connectivity index (χ3v) is 5.36. The molecule has 0 aromatic rings. The zero-order valence-electron chi connectivity index (χ0n) is 19.8. The van der Waals surface area contributed by atoms with Crippen molar-refractivity contribution < 1.29 is 19.1 Å². The Hall–Kier alpha value is -1.06. The first-order valence-corrected chi connectivity index (χ1v) is 12.4. The van der Waals surface area contributed by atoms with E-state index in [0.717, 1.165) is 25.7 Å². The molecule has 0 N–H and O–H groups in total. The van der Waals surface area contributed by atoms with Crippen LogP contribution in [0.3, 0.4) is 0 Å². The van der Waals surface area contributed by atoms with Gasteiger partial charge in [-0.3, -0.25) is 9.59 Å². The second-order valence-electron chi connectivity index (χ2n) is 8.57. The van der Waals surface area contributed by atoms with Gasteiger partial charge in [0.15, 0.2) is 0 Å². The molecule has 29 heavy (non-hydrogen) atoms. The van der Waals surface area contributed by atoms with E-state index < -0.39 is 0 Å². The molecular formula is C25H48O4. The Morgan fingerprint density at radius 3 is 1.28 bits per heavy atom. The summed E-state index contributed by atoms with van der Waals surface area (Å²) < 4.78 is 10.9. The lowest BCUT2D eigenvalue weighted by Crippen LogP contribution is -2.17. The highest BCUT2D eigenvalue weighted by atomic mass is 16.5. The zero-order valence-corrected chi connectivity index (χ0v) is 19.8. The molecule has 0 amide bonds. The maximum Gasteiger partial charge on any atom is 0.306 e. The van der Waals surface area contributed by atoms with Crippen LogP contribution in [0.5, 0.6) is 0 Å². The van der Waals surface area contributed by atoms with Crippen molar-refractivity contribution >= 4 is 11.9 Å². The SMILES string of the molecule is CCCCCCCCC(C)OC(=O)CCCC(=O)OC(C)CCCCCCCC. The number of carbonyl (C=O) groups excluding carboxylic acids is 2. The molecule has 0 rings (SSSR count). The van der Waals surface area contributed by atoms with Gasteiger partial charge in [0.25, 0.3) is 0 Å². The van der Waals surface area contributed by atoms with E-state index in [1.54, 1.807) is 0 Å². The summed E-state index contributed by atoms with van der Waals surface area (Å²) in [5.74, 6) is -0.396. The van der Waals surface area contributed by atoms with Gasteiger partial charge < -0.3 is 9.47 Å². The van der Waals surface area contributed by atoms with Crippen LogP contribution in [-0.4, -0.2) is 24.1 Å². The predicted molar refractivity (Wildman–Crippen MR) is 121 cm³/mol. The van der Waals surface area contributed by atoms with E-state index in [0.29, 0.717) is 19.3 Å². The molecule has 0 aliphatic carbocycles. The average Bonchev–Trinajstić information content (AvgIpc) is 2.67. The molecule has 0 saturated carbocycles. The van der Waals surface area contributed by atoms with E-state index in [2.05, 4.69) is 13.8 Å². The molecule has 0 aromatic heterocycles. The van der Waals surface area contributed by atoms with Crippen molar-refractivity contribution in [2.24, 2.45) is 0 Å². The standard InChI is InChI=1S/C25H48O4/c1-5-7-9-11-13-15-18-22(3)28-24(26)20-17-21-25(27)29-23(4)19-16-14-12-10-8-6-2/h22-23H,5-21H2,1-4H3. The maximum absolute atomic E-state index is 11.9. The molecule has 0 fully saturated rings. The predicted octanol–water partition coefficient (Wildman–Crippen LogP) is 7.52. The normalized spacial score (nSPS) is 13.1. The van der Waals surface area contributed by atoms with Crippen LogP contribution in [0.15, 0.2) is 0 Å². The fourth-order valence-electron chi connectivity index (χ4n) is 3.49. The number of ether oxygens (including phenoxy) is 2. The molecule has 172 valence electrons. The van der Waals surface area contributed by atoms with Crippen LogP contribution < -0.4 is 0 Å². The van der Waals surface area contributed by atoms with E-state index in [9.17, 15) is 9.59 Å². The van der Waals surface area contributed by atoms with Gasteiger partial charge in [0, 0.05) is 12.8 Å². The van der Waals surface area contributed by atoms with Gasteiger partial charge in [-0.2, -0.15) is 0 Å². The summed E-state index contributed by atoms with van der Waals surface area (Å²) in [7, 11) is 0. The molecule has 4 nitrogen and oxygen atoms in total. The molecule has 0 spiro atoms. The van der Waals surface area contributed by atoms with Crippen LogP contribution in [0.25, 0.3) is 0 Å².